The van der Waals surface area contributed by atoms with Crippen molar-refractivity contribution in [1.82, 2.24) is 10.2 Å². The van der Waals surface area contributed by atoms with E-state index >= 15 is 0 Å². The van der Waals surface area contributed by atoms with E-state index in [9.17, 15) is 13.6 Å². The van der Waals surface area contributed by atoms with E-state index in [2.05, 4.69) is 5.32 Å². The number of nitrogens with zero attached hydrogens (tertiary/aromatic N) is 1. The third-order valence-corrected chi connectivity index (χ3v) is 4.27. The summed E-state index contributed by atoms with van der Waals surface area (Å²) in [6.45, 7) is 2.75. The van der Waals surface area contributed by atoms with Crippen LogP contribution in [-0.2, 0) is 4.79 Å². The molecule has 4 nitrogen and oxygen atoms in total. The first-order valence-corrected chi connectivity index (χ1v) is 8.00. The first kappa shape index (κ1) is 17.9. The molecule has 0 unspecified atom stereocenters. The van der Waals surface area contributed by atoms with Gasteiger partial charge in [0.25, 0.3) is 12.3 Å². The molecule has 128 valence electrons. The van der Waals surface area contributed by atoms with Gasteiger partial charge >= 0.3 is 0 Å². The Bertz CT molecular complexity index is 535. The van der Waals surface area contributed by atoms with Crippen LogP contribution >= 0.6 is 11.6 Å². The minimum atomic E-state index is -2.31. The Hall–Kier alpha value is -1.40. The topological polar surface area (TPSA) is 41.6 Å². The molecule has 1 aromatic carbocycles. The van der Waals surface area contributed by atoms with Gasteiger partial charge < -0.3 is 10.1 Å². The summed E-state index contributed by atoms with van der Waals surface area (Å²) in [5.41, 5.74) is 0.885. The lowest BCUT2D eigenvalue weighted by molar-refractivity contribution is -0.124. The Balaban J connectivity index is 1.70. The first-order chi connectivity index (χ1) is 10.9. The molecule has 0 radical (unpaired) electrons. The van der Waals surface area contributed by atoms with Gasteiger partial charge in [0.15, 0.2) is 6.61 Å². The maximum absolute atomic E-state index is 12.3. The molecule has 0 aliphatic carbocycles. The maximum Gasteiger partial charge on any atom is 0.258 e. The third kappa shape index (κ3) is 5.95. The summed E-state index contributed by atoms with van der Waals surface area (Å²) in [7, 11) is 0. The second kappa shape index (κ2) is 8.45. The predicted octanol–water partition coefficient (Wildman–Crippen LogP) is 2.87. The number of hydrogen-bond acceptors (Lipinski definition) is 3. The second-order valence-electron chi connectivity index (χ2n) is 5.73. The molecule has 1 saturated heterocycles. The number of amides is 1. The van der Waals surface area contributed by atoms with Gasteiger partial charge in [0.2, 0.25) is 0 Å². The van der Waals surface area contributed by atoms with Crippen molar-refractivity contribution in [3.63, 3.8) is 0 Å². The van der Waals surface area contributed by atoms with Gasteiger partial charge in [0.05, 0.1) is 6.54 Å². The Kier molecular flexibility index (Phi) is 6.59. The fourth-order valence-corrected chi connectivity index (χ4v) is 2.70. The summed E-state index contributed by atoms with van der Waals surface area (Å²) in [6, 6.07) is 5.24. The Morgan fingerprint density at radius 2 is 2.13 bits per heavy atom. The molecular formula is C16H21ClF2N2O2. The Labute approximate surface area is 139 Å². The number of aryl methyl sites for hydroxylation is 1. The number of rotatable bonds is 6. The van der Waals surface area contributed by atoms with Gasteiger partial charge in [-0.15, -0.1) is 0 Å². The number of carbonyl (C=O) groups is 1. The zero-order valence-electron chi connectivity index (χ0n) is 13.0. The lowest BCUT2D eigenvalue weighted by Gasteiger charge is -2.31. The minimum Gasteiger partial charge on any atom is -0.484 e. The van der Waals surface area contributed by atoms with Crippen LogP contribution in [0.3, 0.4) is 0 Å². The standard InChI is InChI=1S/C16H21ClF2N2O2/c1-11-8-13(2-3-14(11)17)23-10-16(22)20-12-4-6-21(7-5-12)9-15(18)19/h2-3,8,12,15H,4-7,9-10H2,1H3,(H,20,22). The largest absolute Gasteiger partial charge is 0.484 e. The van der Waals surface area contributed by atoms with Gasteiger partial charge in [-0.05, 0) is 43.5 Å². The van der Waals surface area contributed by atoms with E-state index in [1.165, 1.54) is 0 Å². The van der Waals surface area contributed by atoms with Gasteiger partial charge in [-0.3, -0.25) is 9.69 Å². The van der Waals surface area contributed by atoms with E-state index in [1.54, 1.807) is 23.1 Å². The molecule has 1 amide bonds. The lowest BCUT2D eigenvalue weighted by atomic mass is 10.1. The number of halogens is 3. The van der Waals surface area contributed by atoms with Crippen molar-refractivity contribution >= 4 is 17.5 Å². The summed E-state index contributed by atoms with van der Waals surface area (Å²) in [5, 5.41) is 3.54. The highest BCUT2D eigenvalue weighted by atomic mass is 35.5. The van der Waals surface area contributed by atoms with Crippen LogP contribution in [0.2, 0.25) is 5.02 Å². The van der Waals surface area contributed by atoms with Gasteiger partial charge in [0.1, 0.15) is 5.75 Å². The average molecular weight is 347 g/mol. The Morgan fingerprint density at radius 3 is 2.74 bits per heavy atom. The number of likely N-dealkylation sites (tertiary alicyclic amines) is 1. The highest BCUT2D eigenvalue weighted by Gasteiger charge is 2.22. The molecular weight excluding hydrogens is 326 g/mol. The predicted molar refractivity (Wildman–Crippen MR) is 85.3 cm³/mol. The number of piperidine rings is 1. The molecule has 2 rings (SSSR count). The zero-order chi connectivity index (χ0) is 16.8. The molecule has 0 atom stereocenters. The molecule has 0 aromatic heterocycles. The summed E-state index contributed by atoms with van der Waals surface area (Å²) in [4.78, 5) is 13.6. The van der Waals surface area contributed by atoms with E-state index in [1.807, 2.05) is 6.92 Å². The summed E-state index contributed by atoms with van der Waals surface area (Å²) in [6.07, 6.45) is -0.950. The van der Waals surface area contributed by atoms with Crippen molar-refractivity contribution in [2.75, 3.05) is 26.2 Å². The summed E-state index contributed by atoms with van der Waals surface area (Å²) < 4.78 is 30.0. The van der Waals surface area contributed by atoms with Crippen LogP contribution < -0.4 is 10.1 Å². The van der Waals surface area contributed by atoms with Crippen LogP contribution in [0.4, 0.5) is 8.78 Å². The first-order valence-electron chi connectivity index (χ1n) is 7.63. The number of alkyl halides is 2. The van der Waals surface area contributed by atoms with Crippen LogP contribution in [0, 0.1) is 6.92 Å². The van der Waals surface area contributed by atoms with Gasteiger partial charge in [0, 0.05) is 24.2 Å². The van der Waals surface area contributed by atoms with Crippen LogP contribution in [-0.4, -0.2) is 49.5 Å². The quantitative estimate of drug-likeness (QED) is 0.861. The maximum atomic E-state index is 12.3. The molecule has 1 N–H and O–H groups in total. The minimum absolute atomic E-state index is 0.0203. The lowest BCUT2D eigenvalue weighted by Crippen LogP contribution is -2.46. The number of hydrogen-bond donors (Lipinski definition) is 1. The monoisotopic (exact) mass is 346 g/mol. The van der Waals surface area contributed by atoms with E-state index in [4.69, 9.17) is 16.3 Å². The van der Waals surface area contributed by atoms with Gasteiger partial charge in [-0.2, -0.15) is 0 Å². The van der Waals surface area contributed by atoms with Crippen molar-refractivity contribution < 1.29 is 18.3 Å². The Morgan fingerprint density at radius 1 is 1.43 bits per heavy atom. The summed E-state index contributed by atoms with van der Waals surface area (Å²) >= 11 is 5.93. The number of benzene rings is 1. The van der Waals surface area contributed by atoms with E-state index in [-0.39, 0.29) is 25.1 Å². The van der Waals surface area contributed by atoms with E-state index in [0.29, 0.717) is 36.7 Å². The molecule has 23 heavy (non-hydrogen) atoms. The van der Waals surface area contributed by atoms with Crippen molar-refractivity contribution in [3.05, 3.63) is 28.8 Å². The van der Waals surface area contributed by atoms with Crippen molar-refractivity contribution in [1.29, 1.82) is 0 Å². The van der Waals surface area contributed by atoms with E-state index < -0.39 is 6.43 Å². The molecule has 0 bridgehead atoms. The fraction of sp³-hybridized carbons (Fsp3) is 0.562. The van der Waals surface area contributed by atoms with Crippen molar-refractivity contribution in [2.24, 2.45) is 0 Å². The van der Waals surface area contributed by atoms with E-state index in [0.717, 1.165) is 5.56 Å². The van der Waals surface area contributed by atoms with Gasteiger partial charge in [-0.1, -0.05) is 11.6 Å². The highest BCUT2D eigenvalue weighted by Crippen LogP contribution is 2.21. The second-order valence-corrected chi connectivity index (χ2v) is 6.14. The van der Waals surface area contributed by atoms with Crippen LogP contribution in [0.5, 0.6) is 5.75 Å². The smallest absolute Gasteiger partial charge is 0.258 e. The van der Waals surface area contributed by atoms with Crippen molar-refractivity contribution in [2.45, 2.75) is 32.2 Å². The summed E-state index contributed by atoms with van der Waals surface area (Å²) in [5.74, 6) is 0.388. The SMILES string of the molecule is Cc1cc(OCC(=O)NC2CCN(CC(F)F)CC2)ccc1Cl. The fourth-order valence-electron chi connectivity index (χ4n) is 2.58. The normalized spacial score (nSPS) is 16.6. The number of nitrogens with one attached hydrogen (secondary N) is 1. The molecule has 1 fully saturated rings. The molecule has 7 heteroatoms. The molecule has 0 spiro atoms. The molecule has 0 saturated carbocycles. The van der Waals surface area contributed by atoms with Crippen LogP contribution in [0.1, 0.15) is 18.4 Å². The average Bonchev–Trinajstić information content (AvgIpc) is 2.50. The highest BCUT2D eigenvalue weighted by molar-refractivity contribution is 6.31. The third-order valence-electron chi connectivity index (χ3n) is 3.85. The van der Waals surface area contributed by atoms with Crippen LogP contribution in [0.15, 0.2) is 18.2 Å². The number of carbonyl (C=O) groups excluding carboxylic acids is 1. The zero-order valence-corrected chi connectivity index (χ0v) is 13.8. The molecule has 1 aliphatic rings. The van der Waals surface area contributed by atoms with Gasteiger partial charge in [-0.25, -0.2) is 8.78 Å². The van der Waals surface area contributed by atoms with Crippen molar-refractivity contribution in [3.8, 4) is 5.75 Å². The molecule has 1 aliphatic heterocycles. The molecule has 1 aromatic rings. The van der Waals surface area contributed by atoms with Crippen LogP contribution in [0.25, 0.3) is 0 Å². The number of ether oxygens (including phenoxy) is 1. The molecule has 1 heterocycles.